The largest absolute Gasteiger partial charge is 0.338 e. The van der Waals surface area contributed by atoms with E-state index in [4.69, 9.17) is 11.6 Å². The van der Waals surface area contributed by atoms with Crippen LogP contribution < -0.4 is 0 Å². The van der Waals surface area contributed by atoms with Crippen LogP contribution in [-0.2, 0) is 0 Å². The van der Waals surface area contributed by atoms with Gasteiger partial charge in [-0.3, -0.25) is 9.79 Å². The Morgan fingerprint density at radius 1 is 1.12 bits per heavy atom. The first-order chi connectivity index (χ1) is 15.2. The molecular weight excluding hydrogens is 416 g/mol. The Balaban J connectivity index is 0.000000258. The van der Waals surface area contributed by atoms with E-state index in [-0.39, 0.29) is 5.91 Å². The average Bonchev–Trinajstić information content (AvgIpc) is 3.20. The van der Waals surface area contributed by atoms with Crippen molar-refractivity contribution in [2.45, 2.75) is 48.0 Å². The van der Waals surface area contributed by atoms with Crippen molar-refractivity contribution in [2.75, 3.05) is 13.1 Å². The van der Waals surface area contributed by atoms with Gasteiger partial charge in [0.2, 0.25) is 0 Å². The predicted molar refractivity (Wildman–Crippen MR) is 139 cm³/mol. The van der Waals surface area contributed by atoms with Crippen LogP contribution in [0.3, 0.4) is 0 Å². The molecule has 1 unspecified atom stereocenters. The van der Waals surface area contributed by atoms with Crippen molar-refractivity contribution >= 4 is 34.5 Å². The average molecular weight is 451 g/mol. The van der Waals surface area contributed by atoms with Crippen LogP contribution in [0, 0.1) is 12.8 Å². The predicted octanol–water partition coefficient (Wildman–Crippen LogP) is 7.91. The lowest BCUT2D eigenvalue weighted by molar-refractivity contribution is 0.0788. The number of hydrogen-bond acceptors (Lipinski definition) is 2. The first-order valence-corrected chi connectivity index (χ1v) is 11.6. The highest BCUT2D eigenvalue weighted by atomic mass is 35.5. The van der Waals surface area contributed by atoms with Crippen molar-refractivity contribution in [2.24, 2.45) is 10.9 Å². The first-order valence-electron chi connectivity index (χ1n) is 11.2. The number of amides is 1. The van der Waals surface area contributed by atoms with Crippen LogP contribution in [-0.4, -0.2) is 29.6 Å². The van der Waals surface area contributed by atoms with E-state index >= 15 is 0 Å². The smallest absolute Gasteiger partial charge is 0.254 e. The van der Waals surface area contributed by atoms with E-state index < -0.39 is 0 Å². The summed E-state index contributed by atoms with van der Waals surface area (Å²) in [4.78, 5) is 19.0. The number of carbonyl (C=O) groups excluding carboxylic acids is 1. The maximum absolute atomic E-state index is 12.7. The quantitative estimate of drug-likeness (QED) is 0.344. The fourth-order valence-corrected chi connectivity index (χ4v) is 3.85. The summed E-state index contributed by atoms with van der Waals surface area (Å²) in [6.07, 6.45) is 7.17. The van der Waals surface area contributed by atoms with Crippen molar-refractivity contribution < 1.29 is 4.79 Å². The second kappa shape index (κ2) is 12.4. The molecule has 2 aromatic carbocycles. The number of halogens is 1. The summed E-state index contributed by atoms with van der Waals surface area (Å²) in [5.41, 5.74) is 6.15. The third kappa shape index (κ3) is 7.49. The molecule has 3 rings (SSSR count). The lowest BCUT2D eigenvalue weighted by Gasteiger charge is -2.18. The minimum atomic E-state index is 0.165. The third-order valence-electron chi connectivity index (χ3n) is 5.33. The minimum Gasteiger partial charge on any atom is -0.338 e. The van der Waals surface area contributed by atoms with Crippen LogP contribution in [0.4, 0.5) is 5.69 Å². The summed E-state index contributed by atoms with van der Waals surface area (Å²) in [6, 6.07) is 13.6. The monoisotopic (exact) mass is 450 g/mol. The molecule has 1 amide bonds. The van der Waals surface area contributed by atoms with Gasteiger partial charge < -0.3 is 4.90 Å². The Labute approximate surface area is 198 Å². The number of aryl methyl sites for hydroxylation is 1. The summed E-state index contributed by atoms with van der Waals surface area (Å²) < 4.78 is 0. The summed E-state index contributed by atoms with van der Waals surface area (Å²) in [5, 5.41) is 0.764. The van der Waals surface area contributed by atoms with Gasteiger partial charge in [-0.25, -0.2) is 0 Å². The first kappa shape index (κ1) is 25.6. The number of allylic oxidation sites excluding steroid dienone is 4. The maximum atomic E-state index is 12.7. The highest BCUT2D eigenvalue weighted by molar-refractivity contribution is 6.30. The normalized spacial score (nSPS) is 16.0. The van der Waals surface area contributed by atoms with Crippen LogP contribution in [0.5, 0.6) is 0 Å². The second-order valence-corrected chi connectivity index (χ2v) is 8.99. The van der Waals surface area contributed by atoms with E-state index in [9.17, 15) is 4.79 Å². The summed E-state index contributed by atoms with van der Waals surface area (Å²) in [7, 11) is 0. The number of nitrogens with zero attached hydrogens (tertiary/aromatic N) is 2. The lowest BCUT2D eigenvalue weighted by Crippen LogP contribution is -2.29. The fraction of sp³-hybridized carbons (Fsp3) is 0.357. The van der Waals surface area contributed by atoms with Crippen molar-refractivity contribution in [3.8, 4) is 0 Å². The molecule has 1 saturated heterocycles. The molecule has 0 aliphatic carbocycles. The molecular formula is C28H35ClN2O. The molecule has 170 valence electrons. The van der Waals surface area contributed by atoms with Gasteiger partial charge in [-0.15, -0.1) is 0 Å². The molecule has 4 heteroatoms. The van der Waals surface area contributed by atoms with Gasteiger partial charge in [0.15, 0.2) is 0 Å². The van der Waals surface area contributed by atoms with Gasteiger partial charge in [0.25, 0.3) is 5.91 Å². The summed E-state index contributed by atoms with van der Waals surface area (Å²) in [5.74, 6) is 0.781. The molecule has 0 aromatic heterocycles. The van der Waals surface area contributed by atoms with Gasteiger partial charge in [-0.2, -0.15) is 0 Å². The van der Waals surface area contributed by atoms with Crippen LogP contribution in [0.25, 0.3) is 5.57 Å². The van der Waals surface area contributed by atoms with Crippen LogP contribution in [0.1, 0.15) is 62.5 Å². The van der Waals surface area contributed by atoms with Gasteiger partial charge in [0, 0.05) is 29.4 Å². The number of likely N-dealkylation sites (tertiary alicyclic amines) is 1. The van der Waals surface area contributed by atoms with Crippen LogP contribution in [0.2, 0.25) is 5.02 Å². The summed E-state index contributed by atoms with van der Waals surface area (Å²) in [6.45, 7) is 14.0. The highest BCUT2D eigenvalue weighted by Gasteiger charge is 2.25. The zero-order valence-electron chi connectivity index (χ0n) is 20.2. The molecule has 0 N–H and O–H groups in total. The van der Waals surface area contributed by atoms with Gasteiger partial charge in [0.1, 0.15) is 0 Å². The minimum absolute atomic E-state index is 0.165. The Morgan fingerprint density at radius 3 is 2.38 bits per heavy atom. The Kier molecular flexibility index (Phi) is 9.93. The highest BCUT2D eigenvalue weighted by Crippen LogP contribution is 2.24. The molecule has 2 aromatic rings. The van der Waals surface area contributed by atoms with Crippen molar-refractivity contribution in [1.29, 1.82) is 0 Å². The lowest BCUT2D eigenvalue weighted by atomic mass is 9.99. The van der Waals surface area contributed by atoms with E-state index in [1.54, 1.807) is 0 Å². The van der Waals surface area contributed by atoms with E-state index in [0.29, 0.717) is 5.92 Å². The van der Waals surface area contributed by atoms with E-state index in [1.165, 1.54) is 0 Å². The molecule has 0 bridgehead atoms. The molecule has 0 spiro atoms. The fourth-order valence-electron chi connectivity index (χ4n) is 3.62. The van der Waals surface area contributed by atoms with Gasteiger partial charge in [-0.1, -0.05) is 55.0 Å². The van der Waals surface area contributed by atoms with Gasteiger partial charge in [0.05, 0.1) is 5.69 Å². The van der Waals surface area contributed by atoms with E-state index in [2.05, 4.69) is 24.9 Å². The number of rotatable bonds is 4. The molecule has 1 aliphatic rings. The molecule has 0 radical (unpaired) electrons. The Bertz CT molecular complexity index is 1020. The van der Waals surface area contributed by atoms with Crippen molar-refractivity contribution in [3.05, 3.63) is 82.4 Å². The molecule has 0 saturated carbocycles. The molecule has 1 heterocycles. The number of hydrogen-bond donors (Lipinski definition) is 0. The summed E-state index contributed by atoms with van der Waals surface area (Å²) >= 11 is 5.81. The molecule has 1 aliphatic heterocycles. The zero-order chi connectivity index (χ0) is 23.7. The Morgan fingerprint density at radius 2 is 1.81 bits per heavy atom. The third-order valence-corrected chi connectivity index (χ3v) is 5.57. The van der Waals surface area contributed by atoms with Crippen molar-refractivity contribution in [3.63, 3.8) is 0 Å². The molecule has 1 atom stereocenters. The maximum Gasteiger partial charge on any atom is 0.254 e. The van der Waals surface area contributed by atoms with E-state index in [1.807, 2.05) is 87.2 Å². The van der Waals surface area contributed by atoms with Crippen molar-refractivity contribution in [1.82, 2.24) is 4.90 Å². The standard InChI is InChI=1S/C18H23NO.C10H12ClN/c1-4-5-8-15(3)16-9-6-7-10-17(16)18(20)19-12-11-14(2)13-19;1-7(2)12-10-5-4-9(11)6-8(10)3/h4-10,14H,11-13H2,1-3H3;4-6H,1-3H3/b5-4-,15-8+;. The molecule has 1 fully saturated rings. The molecule has 3 nitrogen and oxygen atoms in total. The Hall–Kier alpha value is -2.65. The second-order valence-electron chi connectivity index (χ2n) is 8.56. The van der Waals surface area contributed by atoms with E-state index in [0.717, 1.165) is 58.2 Å². The number of benzene rings is 2. The van der Waals surface area contributed by atoms with Gasteiger partial charge in [-0.05, 0) is 87.9 Å². The number of aliphatic imine (C=N–C) groups is 1. The van der Waals surface area contributed by atoms with Gasteiger partial charge >= 0.3 is 0 Å². The van der Waals surface area contributed by atoms with Crippen LogP contribution >= 0.6 is 11.6 Å². The zero-order valence-corrected chi connectivity index (χ0v) is 20.9. The topological polar surface area (TPSA) is 32.7 Å². The SMILES string of the molecule is C/C=C\C=C(/C)c1ccccc1C(=O)N1CCC(C)C1.CC(C)=Nc1ccc(Cl)cc1C. The number of carbonyl (C=O) groups is 1. The van der Waals surface area contributed by atoms with Crippen LogP contribution in [0.15, 0.2) is 65.7 Å². The molecule has 32 heavy (non-hydrogen) atoms.